The summed E-state index contributed by atoms with van der Waals surface area (Å²) in [6.45, 7) is 0. The van der Waals surface area contributed by atoms with E-state index in [1.54, 1.807) is 24.3 Å². The molecule has 0 aromatic heterocycles. The van der Waals surface area contributed by atoms with E-state index in [0.717, 1.165) is 11.1 Å². The lowest BCUT2D eigenvalue weighted by Gasteiger charge is -1.97. The van der Waals surface area contributed by atoms with Gasteiger partial charge < -0.3 is 0 Å². The van der Waals surface area contributed by atoms with E-state index in [2.05, 4.69) is 0 Å². The molecule has 0 bridgehead atoms. The summed E-state index contributed by atoms with van der Waals surface area (Å²) >= 11 is 0. The van der Waals surface area contributed by atoms with Crippen LogP contribution in [0, 0.1) is 0 Å². The Morgan fingerprint density at radius 3 is 1.35 bits per heavy atom. The molecular weight excluding hydrogens is 218 g/mol. The third kappa shape index (κ3) is 1.64. The summed E-state index contributed by atoms with van der Waals surface area (Å²) in [6, 6.07) is 18.1. The Balaban J connectivity index is 1.95. The second kappa shape index (κ2) is 3.66. The van der Waals surface area contributed by atoms with Crippen LogP contribution in [-0.2, 0) is 0 Å². The van der Waals surface area contributed by atoms with E-state index < -0.39 is 17.8 Å². The van der Waals surface area contributed by atoms with E-state index >= 15 is 0 Å². The minimum Gasteiger partial charge on any atom is -0.205 e. The highest BCUT2D eigenvalue weighted by molar-refractivity contribution is 5.42. The second-order valence-electron chi connectivity index (χ2n) is 4.45. The fourth-order valence-corrected chi connectivity index (χ4v) is 2.48. The molecule has 2 unspecified atom stereocenters. The van der Waals surface area contributed by atoms with Gasteiger partial charge >= 0.3 is 0 Å². The fraction of sp³-hybridized carbons (Fsp3) is 0.200. The van der Waals surface area contributed by atoms with Crippen molar-refractivity contribution >= 4 is 0 Å². The van der Waals surface area contributed by atoms with Crippen LogP contribution in [0.5, 0.6) is 0 Å². The third-order valence-corrected chi connectivity index (χ3v) is 3.37. The van der Waals surface area contributed by atoms with Gasteiger partial charge in [-0.25, -0.2) is 8.78 Å². The van der Waals surface area contributed by atoms with Gasteiger partial charge in [0.2, 0.25) is 0 Å². The molecule has 2 aromatic rings. The molecule has 0 nitrogen and oxygen atoms in total. The zero-order valence-corrected chi connectivity index (χ0v) is 9.18. The Hall–Kier alpha value is -1.70. The summed E-state index contributed by atoms with van der Waals surface area (Å²) in [7, 11) is 0. The largest absolute Gasteiger partial charge is 0.263 e. The third-order valence-electron chi connectivity index (χ3n) is 3.37. The Bertz CT molecular complexity index is 457. The molecular formula is C15H12F2. The molecule has 1 aliphatic carbocycles. The van der Waals surface area contributed by atoms with Gasteiger partial charge in [-0.15, -0.1) is 0 Å². The van der Waals surface area contributed by atoms with Crippen molar-refractivity contribution < 1.29 is 8.78 Å². The first-order chi connectivity index (χ1) is 8.21. The van der Waals surface area contributed by atoms with E-state index in [1.807, 2.05) is 36.4 Å². The predicted octanol–water partition coefficient (Wildman–Crippen LogP) is 4.20. The maximum absolute atomic E-state index is 13.8. The summed E-state index contributed by atoms with van der Waals surface area (Å²) in [5.41, 5.74) is 1.46. The van der Waals surface area contributed by atoms with Gasteiger partial charge in [-0.2, -0.15) is 0 Å². The van der Waals surface area contributed by atoms with E-state index in [1.165, 1.54) is 0 Å². The highest BCUT2D eigenvalue weighted by atomic mass is 19.3. The molecule has 3 rings (SSSR count). The number of halogens is 2. The molecule has 0 spiro atoms. The van der Waals surface area contributed by atoms with Crippen molar-refractivity contribution in [3.05, 3.63) is 71.8 Å². The summed E-state index contributed by atoms with van der Waals surface area (Å²) in [6.07, 6.45) is 0. The first-order valence-corrected chi connectivity index (χ1v) is 5.69. The molecule has 86 valence electrons. The van der Waals surface area contributed by atoms with E-state index in [4.69, 9.17) is 0 Å². The molecule has 2 heteroatoms. The van der Waals surface area contributed by atoms with Gasteiger partial charge in [-0.05, 0) is 11.1 Å². The Morgan fingerprint density at radius 2 is 1.00 bits per heavy atom. The molecule has 1 saturated carbocycles. The zero-order chi connectivity index (χ0) is 11.9. The minimum absolute atomic E-state index is 0.661. The highest BCUT2D eigenvalue weighted by Crippen LogP contribution is 2.66. The van der Waals surface area contributed by atoms with Gasteiger partial charge in [-0.3, -0.25) is 0 Å². The first-order valence-electron chi connectivity index (χ1n) is 5.69. The zero-order valence-electron chi connectivity index (χ0n) is 9.18. The standard InChI is InChI=1S/C15H12F2/c16-15(17)13(11-7-3-1-4-8-11)14(15)12-9-5-2-6-10-12/h1-10,13-14H. The second-order valence-corrected chi connectivity index (χ2v) is 4.45. The van der Waals surface area contributed by atoms with Crippen molar-refractivity contribution in [3.63, 3.8) is 0 Å². The average molecular weight is 230 g/mol. The summed E-state index contributed by atoms with van der Waals surface area (Å²) in [5, 5.41) is 0. The molecule has 0 saturated heterocycles. The van der Waals surface area contributed by atoms with Crippen molar-refractivity contribution in [2.45, 2.75) is 17.8 Å². The molecule has 1 aliphatic rings. The minimum atomic E-state index is -2.61. The van der Waals surface area contributed by atoms with Gasteiger partial charge in [0.1, 0.15) is 0 Å². The van der Waals surface area contributed by atoms with E-state index in [-0.39, 0.29) is 0 Å². The molecule has 0 amide bonds. The van der Waals surface area contributed by atoms with Crippen LogP contribution in [0.25, 0.3) is 0 Å². The first kappa shape index (κ1) is 10.5. The molecule has 2 atom stereocenters. The molecule has 0 N–H and O–H groups in total. The highest BCUT2D eigenvalue weighted by Gasteiger charge is 2.69. The number of hydrogen-bond acceptors (Lipinski definition) is 0. The summed E-state index contributed by atoms with van der Waals surface area (Å²) in [4.78, 5) is 0. The maximum atomic E-state index is 13.8. The number of benzene rings is 2. The topological polar surface area (TPSA) is 0 Å². The van der Waals surface area contributed by atoms with E-state index in [9.17, 15) is 8.78 Å². The lowest BCUT2D eigenvalue weighted by atomic mass is 10.0. The normalized spacial score (nSPS) is 25.5. The van der Waals surface area contributed by atoms with Crippen LogP contribution >= 0.6 is 0 Å². The molecule has 1 fully saturated rings. The Morgan fingerprint density at radius 1 is 0.647 bits per heavy atom. The van der Waals surface area contributed by atoms with Gasteiger partial charge in [0.15, 0.2) is 0 Å². The quantitative estimate of drug-likeness (QED) is 0.725. The Kier molecular flexibility index (Phi) is 2.25. The summed E-state index contributed by atoms with van der Waals surface area (Å²) in [5.74, 6) is -3.93. The van der Waals surface area contributed by atoms with Crippen LogP contribution < -0.4 is 0 Å². The van der Waals surface area contributed by atoms with Crippen LogP contribution in [0.1, 0.15) is 23.0 Å². The van der Waals surface area contributed by atoms with Crippen molar-refractivity contribution in [1.29, 1.82) is 0 Å². The van der Waals surface area contributed by atoms with Crippen molar-refractivity contribution in [2.24, 2.45) is 0 Å². The van der Waals surface area contributed by atoms with Gasteiger partial charge in [0, 0.05) is 0 Å². The molecule has 0 heterocycles. The fourth-order valence-electron chi connectivity index (χ4n) is 2.48. The molecule has 0 radical (unpaired) electrons. The van der Waals surface area contributed by atoms with Gasteiger partial charge in [0.05, 0.1) is 11.8 Å². The van der Waals surface area contributed by atoms with Crippen molar-refractivity contribution in [2.75, 3.05) is 0 Å². The van der Waals surface area contributed by atoms with Crippen molar-refractivity contribution in [1.82, 2.24) is 0 Å². The maximum Gasteiger partial charge on any atom is 0.263 e. The lowest BCUT2D eigenvalue weighted by Crippen LogP contribution is -1.94. The summed E-state index contributed by atoms with van der Waals surface area (Å²) < 4.78 is 27.7. The smallest absolute Gasteiger partial charge is 0.205 e. The van der Waals surface area contributed by atoms with Crippen LogP contribution in [0.2, 0.25) is 0 Å². The Labute approximate surface area is 98.9 Å². The molecule has 0 aliphatic heterocycles. The van der Waals surface area contributed by atoms with Crippen LogP contribution in [0.15, 0.2) is 60.7 Å². The van der Waals surface area contributed by atoms with E-state index in [0.29, 0.717) is 0 Å². The number of rotatable bonds is 2. The van der Waals surface area contributed by atoms with Crippen molar-refractivity contribution in [3.8, 4) is 0 Å². The predicted molar refractivity (Wildman–Crippen MR) is 63.3 cm³/mol. The van der Waals surface area contributed by atoms with Crippen LogP contribution in [0.4, 0.5) is 8.78 Å². The number of alkyl halides is 2. The molecule has 2 aromatic carbocycles. The van der Waals surface area contributed by atoms with Crippen LogP contribution in [-0.4, -0.2) is 5.92 Å². The van der Waals surface area contributed by atoms with Gasteiger partial charge in [0.25, 0.3) is 5.92 Å². The average Bonchev–Trinajstić information content (AvgIpc) is 2.94. The SMILES string of the molecule is FC1(F)C(c2ccccc2)C1c1ccccc1. The van der Waals surface area contributed by atoms with Crippen LogP contribution in [0.3, 0.4) is 0 Å². The number of hydrogen-bond donors (Lipinski definition) is 0. The van der Waals surface area contributed by atoms with Gasteiger partial charge in [-0.1, -0.05) is 60.7 Å². The lowest BCUT2D eigenvalue weighted by molar-refractivity contribution is 0.105. The molecule has 17 heavy (non-hydrogen) atoms. The monoisotopic (exact) mass is 230 g/mol.